The van der Waals surface area contributed by atoms with E-state index >= 15 is 0 Å². The molecule has 0 bridgehead atoms. The van der Waals surface area contributed by atoms with Crippen molar-refractivity contribution in [1.82, 2.24) is 10.3 Å². The van der Waals surface area contributed by atoms with E-state index in [0.717, 1.165) is 10.9 Å². The van der Waals surface area contributed by atoms with Gasteiger partial charge < -0.3 is 15.4 Å². The molecule has 0 aliphatic carbocycles. The van der Waals surface area contributed by atoms with Crippen molar-refractivity contribution in [3.8, 4) is 0 Å². The van der Waals surface area contributed by atoms with Crippen LogP contribution in [0.15, 0.2) is 24.4 Å². The summed E-state index contributed by atoms with van der Waals surface area (Å²) in [7, 11) is 1.64. The van der Waals surface area contributed by atoms with Crippen molar-refractivity contribution in [2.24, 2.45) is 0 Å². The summed E-state index contributed by atoms with van der Waals surface area (Å²) < 4.78 is 0. The maximum absolute atomic E-state index is 12.1. The fourth-order valence-electron chi connectivity index (χ4n) is 1.79. The Hall–Kier alpha value is -1.36. The van der Waals surface area contributed by atoms with Crippen LogP contribution >= 0.6 is 11.6 Å². The molecule has 2 aromatic rings. The molecule has 4 nitrogen and oxygen atoms in total. The summed E-state index contributed by atoms with van der Waals surface area (Å²) >= 11 is 5.91. The number of halogens is 1. The molecule has 1 unspecified atom stereocenters. The minimum atomic E-state index is -0.590. The lowest BCUT2D eigenvalue weighted by Gasteiger charge is -2.10. The highest BCUT2D eigenvalue weighted by Crippen LogP contribution is 2.23. The molecule has 0 saturated carbocycles. The number of carbonyl (C=O) groups is 1. The summed E-state index contributed by atoms with van der Waals surface area (Å²) in [4.78, 5) is 15.1. The number of rotatable bonds is 4. The van der Waals surface area contributed by atoms with E-state index in [2.05, 4.69) is 10.3 Å². The number of carbonyl (C=O) groups excluding carboxylic acids is 1. The first-order valence-corrected chi connectivity index (χ1v) is 5.64. The van der Waals surface area contributed by atoms with Crippen molar-refractivity contribution in [2.45, 2.75) is 6.04 Å². The van der Waals surface area contributed by atoms with Crippen LogP contribution in [-0.4, -0.2) is 35.6 Å². The van der Waals surface area contributed by atoms with Crippen LogP contribution in [0.5, 0.6) is 0 Å². The Morgan fingerprint density at radius 2 is 2.35 bits per heavy atom. The van der Waals surface area contributed by atoms with E-state index in [9.17, 15) is 4.79 Å². The lowest BCUT2D eigenvalue weighted by Crippen LogP contribution is -2.37. The molecule has 0 saturated heterocycles. The number of hydrogen-bond donors (Lipinski definition) is 3. The van der Waals surface area contributed by atoms with Gasteiger partial charge in [0.15, 0.2) is 5.78 Å². The van der Waals surface area contributed by atoms with Crippen molar-refractivity contribution in [2.75, 3.05) is 13.7 Å². The molecule has 0 aliphatic rings. The molecule has 0 radical (unpaired) electrons. The molecule has 5 heteroatoms. The van der Waals surface area contributed by atoms with Gasteiger partial charge in [-0.2, -0.15) is 0 Å². The van der Waals surface area contributed by atoms with Gasteiger partial charge in [0.1, 0.15) is 0 Å². The molecule has 0 spiro atoms. The number of nitrogens with one attached hydrogen (secondary N) is 2. The lowest BCUT2D eigenvalue weighted by atomic mass is 10.0. The number of aromatic amines is 1. The Balaban J connectivity index is 2.48. The number of likely N-dealkylation sites (N-methyl/N-ethyl adjacent to an activating group) is 1. The van der Waals surface area contributed by atoms with Gasteiger partial charge in [-0.3, -0.25) is 4.79 Å². The van der Waals surface area contributed by atoms with E-state index in [0.29, 0.717) is 10.6 Å². The molecule has 0 fully saturated rings. The second kappa shape index (κ2) is 4.87. The minimum absolute atomic E-state index is 0.150. The van der Waals surface area contributed by atoms with E-state index in [1.807, 2.05) is 6.07 Å². The summed E-state index contributed by atoms with van der Waals surface area (Å²) in [5.41, 5.74) is 1.39. The van der Waals surface area contributed by atoms with Gasteiger partial charge in [-0.25, -0.2) is 0 Å². The van der Waals surface area contributed by atoms with Crippen LogP contribution < -0.4 is 5.32 Å². The number of aliphatic hydroxyl groups excluding tert-OH is 1. The van der Waals surface area contributed by atoms with Gasteiger partial charge in [-0.05, 0) is 25.2 Å². The van der Waals surface area contributed by atoms with E-state index in [-0.39, 0.29) is 12.4 Å². The third kappa shape index (κ3) is 2.20. The highest BCUT2D eigenvalue weighted by Gasteiger charge is 2.20. The molecular weight excluding hydrogens is 240 g/mol. The number of fused-ring (bicyclic) bond motifs is 1. The normalized spacial score (nSPS) is 12.9. The van der Waals surface area contributed by atoms with Crippen LogP contribution in [0.25, 0.3) is 10.9 Å². The van der Waals surface area contributed by atoms with Crippen molar-refractivity contribution in [1.29, 1.82) is 0 Å². The first-order chi connectivity index (χ1) is 8.17. The average molecular weight is 253 g/mol. The summed E-state index contributed by atoms with van der Waals surface area (Å²) in [6.45, 7) is -0.234. The number of benzene rings is 1. The van der Waals surface area contributed by atoms with Gasteiger partial charge in [-0.1, -0.05) is 11.6 Å². The van der Waals surface area contributed by atoms with Gasteiger partial charge in [-0.15, -0.1) is 0 Å². The Morgan fingerprint density at radius 3 is 3.00 bits per heavy atom. The molecule has 2 rings (SSSR count). The summed E-state index contributed by atoms with van der Waals surface area (Å²) in [5.74, 6) is -0.150. The van der Waals surface area contributed by atoms with Crippen molar-refractivity contribution in [3.05, 3.63) is 35.0 Å². The van der Waals surface area contributed by atoms with Crippen LogP contribution in [0.3, 0.4) is 0 Å². The Bertz CT molecular complexity index is 546. The minimum Gasteiger partial charge on any atom is -0.394 e. The quantitative estimate of drug-likeness (QED) is 0.724. The largest absolute Gasteiger partial charge is 0.394 e. The maximum Gasteiger partial charge on any atom is 0.184 e. The molecule has 1 atom stereocenters. The number of Topliss-reactive ketones (excluding diaryl/α,β-unsaturated/α-hetero) is 1. The molecule has 1 heterocycles. The fourth-order valence-corrected chi connectivity index (χ4v) is 1.96. The highest BCUT2D eigenvalue weighted by molar-refractivity contribution is 6.31. The molecule has 0 amide bonds. The summed E-state index contributed by atoms with van der Waals surface area (Å²) in [6.07, 6.45) is 1.64. The zero-order valence-corrected chi connectivity index (χ0v) is 10.1. The van der Waals surface area contributed by atoms with Crippen LogP contribution in [0, 0.1) is 0 Å². The average Bonchev–Trinajstić information content (AvgIpc) is 2.73. The van der Waals surface area contributed by atoms with Crippen LogP contribution in [0.2, 0.25) is 5.02 Å². The summed E-state index contributed by atoms with van der Waals surface area (Å²) in [6, 6.07) is 4.73. The predicted molar refractivity (Wildman–Crippen MR) is 67.6 cm³/mol. The summed E-state index contributed by atoms with van der Waals surface area (Å²) in [5, 5.41) is 13.2. The first-order valence-electron chi connectivity index (χ1n) is 5.26. The predicted octanol–water partition coefficient (Wildman–Crippen LogP) is 1.58. The number of hydrogen-bond acceptors (Lipinski definition) is 3. The van der Waals surface area contributed by atoms with Crippen molar-refractivity contribution < 1.29 is 9.90 Å². The van der Waals surface area contributed by atoms with Crippen molar-refractivity contribution >= 4 is 28.3 Å². The zero-order chi connectivity index (χ0) is 12.4. The molecule has 90 valence electrons. The SMILES string of the molecule is CNC(CO)C(=O)c1c[nH]c2ccc(Cl)cc12. The van der Waals surface area contributed by atoms with E-state index in [1.165, 1.54) is 0 Å². The Kier molecular flexibility index (Phi) is 3.47. The maximum atomic E-state index is 12.1. The smallest absolute Gasteiger partial charge is 0.184 e. The molecule has 1 aromatic heterocycles. The number of ketones is 1. The number of H-pyrrole nitrogens is 1. The zero-order valence-electron chi connectivity index (χ0n) is 9.33. The standard InChI is InChI=1S/C12H13ClN2O2/c1-14-11(6-16)12(17)9-5-15-10-3-2-7(13)4-8(9)10/h2-5,11,14-16H,6H2,1H3. The van der Waals surface area contributed by atoms with Crippen LogP contribution in [-0.2, 0) is 0 Å². The topological polar surface area (TPSA) is 65.1 Å². The third-order valence-electron chi connectivity index (χ3n) is 2.76. The Labute approximate surface area is 104 Å². The fraction of sp³-hybridized carbons (Fsp3) is 0.250. The van der Waals surface area contributed by atoms with Gasteiger partial charge >= 0.3 is 0 Å². The van der Waals surface area contributed by atoms with E-state index in [4.69, 9.17) is 16.7 Å². The van der Waals surface area contributed by atoms with Gasteiger partial charge in [0.2, 0.25) is 0 Å². The molecule has 17 heavy (non-hydrogen) atoms. The molecule has 3 N–H and O–H groups in total. The van der Waals surface area contributed by atoms with Crippen LogP contribution in [0.1, 0.15) is 10.4 Å². The van der Waals surface area contributed by atoms with Gasteiger partial charge in [0, 0.05) is 27.7 Å². The van der Waals surface area contributed by atoms with Gasteiger partial charge in [0.25, 0.3) is 0 Å². The second-order valence-corrected chi connectivity index (χ2v) is 4.22. The monoisotopic (exact) mass is 252 g/mol. The van der Waals surface area contributed by atoms with Crippen molar-refractivity contribution in [3.63, 3.8) is 0 Å². The van der Waals surface area contributed by atoms with Gasteiger partial charge in [0.05, 0.1) is 12.6 Å². The van der Waals surface area contributed by atoms with Crippen LogP contribution in [0.4, 0.5) is 0 Å². The lowest BCUT2D eigenvalue weighted by molar-refractivity contribution is 0.0906. The molecule has 0 aliphatic heterocycles. The Morgan fingerprint density at radius 1 is 1.59 bits per heavy atom. The number of aliphatic hydroxyl groups is 1. The molecular formula is C12H13ClN2O2. The number of aromatic nitrogens is 1. The highest BCUT2D eigenvalue weighted by atomic mass is 35.5. The van der Waals surface area contributed by atoms with E-state index < -0.39 is 6.04 Å². The first kappa shape index (κ1) is 12.1. The molecule has 1 aromatic carbocycles. The third-order valence-corrected chi connectivity index (χ3v) is 2.99. The van der Waals surface area contributed by atoms with E-state index in [1.54, 1.807) is 25.4 Å². The second-order valence-electron chi connectivity index (χ2n) is 3.78.